The number of amides is 1. The Kier molecular flexibility index (Phi) is 6.24. The molecule has 0 aromatic heterocycles. The highest BCUT2D eigenvalue weighted by atomic mass is 32.2. The second kappa shape index (κ2) is 8.51. The van der Waals surface area contributed by atoms with E-state index in [1.807, 2.05) is 14.1 Å². The third-order valence-corrected chi connectivity index (χ3v) is 6.61. The largest absolute Gasteiger partial charge is 0.337 e. The molecule has 0 aliphatic carbocycles. The van der Waals surface area contributed by atoms with Crippen LogP contribution in [-0.4, -0.2) is 57.4 Å². The SMILES string of the molecule is Cc1ccc(S(=O)(=O)Nc2cccc(C(=O)N3CCCC(N(C)C)C3)c2)cc1F. The van der Waals surface area contributed by atoms with E-state index in [9.17, 15) is 17.6 Å². The van der Waals surface area contributed by atoms with Crippen molar-refractivity contribution in [2.24, 2.45) is 0 Å². The number of piperidine rings is 1. The average Bonchev–Trinajstić information content (AvgIpc) is 2.69. The number of likely N-dealkylation sites (N-methyl/N-ethyl adjacent to an activating group) is 1. The van der Waals surface area contributed by atoms with Crippen molar-refractivity contribution < 1.29 is 17.6 Å². The highest BCUT2D eigenvalue weighted by molar-refractivity contribution is 7.92. The van der Waals surface area contributed by atoms with Crippen molar-refractivity contribution in [2.45, 2.75) is 30.7 Å². The van der Waals surface area contributed by atoms with Crippen LogP contribution in [0, 0.1) is 12.7 Å². The van der Waals surface area contributed by atoms with Gasteiger partial charge in [-0.2, -0.15) is 0 Å². The predicted octanol–water partition coefficient (Wildman–Crippen LogP) is 3.10. The van der Waals surface area contributed by atoms with Gasteiger partial charge in [0, 0.05) is 30.4 Å². The number of nitrogens with zero attached hydrogens (tertiary/aromatic N) is 2. The minimum atomic E-state index is -3.96. The van der Waals surface area contributed by atoms with Crippen LogP contribution in [0.5, 0.6) is 0 Å². The molecule has 2 aromatic carbocycles. The van der Waals surface area contributed by atoms with Gasteiger partial charge >= 0.3 is 0 Å². The van der Waals surface area contributed by atoms with E-state index in [-0.39, 0.29) is 16.5 Å². The quantitative estimate of drug-likeness (QED) is 0.809. The van der Waals surface area contributed by atoms with Crippen LogP contribution in [0.15, 0.2) is 47.4 Å². The Morgan fingerprint density at radius 3 is 2.66 bits per heavy atom. The first kappa shape index (κ1) is 21.3. The van der Waals surface area contributed by atoms with E-state index in [2.05, 4.69) is 9.62 Å². The third kappa shape index (κ3) is 4.94. The molecule has 0 bridgehead atoms. The molecule has 1 saturated heterocycles. The average molecular weight is 420 g/mol. The van der Waals surface area contributed by atoms with Gasteiger partial charge in [-0.1, -0.05) is 12.1 Å². The van der Waals surface area contributed by atoms with E-state index in [0.717, 1.165) is 18.9 Å². The lowest BCUT2D eigenvalue weighted by molar-refractivity contribution is 0.0635. The van der Waals surface area contributed by atoms with E-state index in [1.165, 1.54) is 18.2 Å². The van der Waals surface area contributed by atoms with Gasteiger partial charge in [0.1, 0.15) is 5.82 Å². The fraction of sp³-hybridized carbons (Fsp3) is 0.381. The zero-order valence-electron chi connectivity index (χ0n) is 16.9. The molecule has 1 heterocycles. The zero-order valence-corrected chi connectivity index (χ0v) is 17.7. The Labute approximate surface area is 171 Å². The maximum atomic E-state index is 13.8. The molecule has 0 saturated carbocycles. The fourth-order valence-electron chi connectivity index (χ4n) is 3.41. The summed E-state index contributed by atoms with van der Waals surface area (Å²) in [7, 11) is 0.0424. The van der Waals surface area contributed by atoms with Crippen molar-refractivity contribution >= 4 is 21.6 Å². The molecule has 1 atom stereocenters. The lowest BCUT2D eigenvalue weighted by Crippen LogP contribution is -2.47. The Balaban J connectivity index is 1.78. The van der Waals surface area contributed by atoms with E-state index < -0.39 is 15.8 Å². The predicted molar refractivity (Wildman–Crippen MR) is 111 cm³/mol. The maximum absolute atomic E-state index is 13.8. The summed E-state index contributed by atoms with van der Waals surface area (Å²) in [5, 5.41) is 0. The number of anilines is 1. The molecule has 1 fully saturated rings. The molecule has 8 heteroatoms. The first-order valence-electron chi connectivity index (χ1n) is 9.52. The molecule has 6 nitrogen and oxygen atoms in total. The van der Waals surface area contributed by atoms with Crippen LogP contribution in [-0.2, 0) is 10.0 Å². The molecule has 1 N–H and O–H groups in total. The number of likely N-dealkylation sites (tertiary alicyclic amines) is 1. The van der Waals surface area contributed by atoms with Gasteiger partial charge in [0.05, 0.1) is 4.90 Å². The molecule has 1 aliphatic heterocycles. The summed E-state index contributed by atoms with van der Waals surface area (Å²) in [4.78, 5) is 16.7. The molecule has 156 valence electrons. The minimum absolute atomic E-state index is 0.126. The summed E-state index contributed by atoms with van der Waals surface area (Å²) in [6, 6.07) is 10.5. The molecule has 0 spiro atoms. The van der Waals surface area contributed by atoms with Crippen molar-refractivity contribution in [3.8, 4) is 0 Å². The lowest BCUT2D eigenvalue weighted by atomic mass is 10.0. The molecule has 29 heavy (non-hydrogen) atoms. The summed E-state index contributed by atoms with van der Waals surface area (Å²) < 4.78 is 41.4. The number of rotatable bonds is 5. The number of sulfonamides is 1. The van der Waals surface area contributed by atoms with Gasteiger partial charge in [-0.25, -0.2) is 12.8 Å². The molecular formula is C21H26FN3O3S. The summed E-state index contributed by atoms with van der Waals surface area (Å²) in [5.74, 6) is -0.712. The van der Waals surface area contributed by atoms with Gasteiger partial charge in [0.2, 0.25) is 0 Å². The lowest BCUT2D eigenvalue weighted by Gasteiger charge is -2.36. The topological polar surface area (TPSA) is 69.7 Å². The number of nitrogens with one attached hydrogen (secondary N) is 1. The van der Waals surface area contributed by atoms with E-state index in [0.29, 0.717) is 30.3 Å². The Morgan fingerprint density at radius 2 is 1.97 bits per heavy atom. The van der Waals surface area contributed by atoms with Crippen molar-refractivity contribution in [2.75, 3.05) is 31.9 Å². The first-order valence-corrected chi connectivity index (χ1v) is 11.0. The normalized spacial score (nSPS) is 17.4. The number of carbonyl (C=O) groups is 1. The van der Waals surface area contributed by atoms with E-state index >= 15 is 0 Å². The summed E-state index contributed by atoms with van der Waals surface area (Å²) >= 11 is 0. The van der Waals surface area contributed by atoms with Crippen LogP contribution in [0.2, 0.25) is 0 Å². The Hall–Kier alpha value is -2.45. The number of hydrogen-bond donors (Lipinski definition) is 1. The number of hydrogen-bond acceptors (Lipinski definition) is 4. The number of aryl methyl sites for hydroxylation is 1. The van der Waals surface area contributed by atoms with E-state index in [1.54, 1.807) is 30.0 Å². The van der Waals surface area contributed by atoms with Gasteiger partial charge in [-0.15, -0.1) is 0 Å². The minimum Gasteiger partial charge on any atom is -0.337 e. The number of carbonyl (C=O) groups excluding carboxylic acids is 1. The molecule has 1 aliphatic rings. The van der Waals surface area contributed by atoms with Gasteiger partial charge in [-0.3, -0.25) is 9.52 Å². The Bertz CT molecular complexity index is 1010. The highest BCUT2D eigenvalue weighted by Crippen LogP contribution is 2.21. The van der Waals surface area contributed by atoms with Gasteiger partial charge < -0.3 is 9.80 Å². The molecular weight excluding hydrogens is 393 g/mol. The third-order valence-electron chi connectivity index (χ3n) is 5.23. The number of benzene rings is 2. The molecule has 2 aromatic rings. The van der Waals surface area contributed by atoms with Crippen molar-refractivity contribution in [1.82, 2.24) is 9.80 Å². The van der Waals surface area contributed by atoms with Crippen LogP contribution in [0.1, 0.15) is 28.8 Å². The summed E-state index contributed by atoms with van der Waals surface area (Å²) in [6.07, 6.45) is 1.98. The molecule has 1 unspecified atom stereocenters. The van der Waals surface area contributed by atoms with Crippen LogP contribution >= 0.6 is 0 Å². The smallest absolute Gasteiger partial charge is 0.261 e. The maximum Gasteiger partial charge on any atom is 0.261 e. The van der Waals surface area contributed by atoms with Crippen molar-refractivity contribution in [3.05, 3.63) is 59.4 Å². The first-order chi connectivity index (χ1) is 13.7. The Morgan fingerprint density at radius 1 is 1.21 bits per heavy atom. The summed E-state index contributed by atoms with van der Waals surface area (Å²) in [6.45, 7) is 2.89. The van der Waals surface area contributed by atoms with E-state index in [4.69, 9.17) is 0 Å². The molecule has 3 rings (SSSR count). The monoisotopic (exact) mass is 419 g/mol. The van der Waals surface area contributed by atoms with Crippen LogP contribution in [0.4, 0.5) is 10.1 Å². The van der Waals surface area contributed by atoms with Crippen LogP contribution in [0.25, 0.3) is 0 Å². The van der Waals surface area contributed by atoms with Crippen LogP contribution in [0.3, 0.4) is 0 Å². The molecule has 0 radical (unpaired) electrons. The number of halogens is 1. The fourth-order valence-corrected chi connectivity index (χ4v) is 4.47. The molecule has 1 amide bonds. The zero-order chi connectivity index (χ0) is 21.2. The van der Waals surface area contributed by atoms with Crippen LogP contribution < -0.4 is 4.72 Å². The second-order valence-electron chi connectivity index (χ2n) is 7.61. The van der Waals surface area contributed by atoms with Crippen molar-refractivity contribution in [1.29, 1.82) is 0 Å². The van der Waals surface area contributed by atoms with Crippen molar-refractivity contribution in [3.63, 3.8) is 0 Å². The van der Waals surface area contributed by atoms with Gasteiger partial charge in [0.25, 0.3) is 15.9 Å². The standard InChI is InChI=1S/C21H26FN3O3S/c1-15-9-10-19(13-20(15)22)29(27,28)23-17-7-4-6-16(12-17)21(26)25-11-5-8-18(14-25)24(2)3/h4,6-7,9-10,12-13,18,23H,5,8,11,14H2,1-3H3. The summed E-state index contributed by atoms with van der Waals surface area (Å²) in [5.41, 5.74) is 1.05. The highest BCUT2D eigenvalue weighted by Gasteiger charge is 2.26. The van der Waals surface area contributed by atoms with Gasteiger partial charge in [-0.05, 0) is 69.8 Å². The second-order valence-corrected chi connectivity index (χ2v) is 9.29. The van der Waals surface area contributed by atoms with Gasteiger partial charge in [0.15, 0.2) is 0 Å².